The lowest BCUT2D eigenvalue weighted by atomic mass is 9.78. The molecule has 3 rings (SSSR count). The largest absolute Gasteiger partial charge is 0.354 e. The van der Waals surface area contributed by atoms with Gasteiger partial charge >= 0.3 is 0 Å². The molecule has 1 aromatic heterocycles. The molecule has 0 bridgehead atoms. The highest BCUT2D eigenvalue weighted by Gasteiger charge is 2.45. The molecule has 0 N–H and O–H groups in total. The van der Waals surface area contributed by atoms with Gasteiger partial charge in [-0.3, -0.25) is 0 Å². The second kappa shape index (κ2) is 3.44. The highest BCUT2D eigenvalue weighted by Crippen LogP contribution is 2.46. The molecule has 0 atom stereocenters. The summed E-state index contributed by atoms with van der Waals surface area (Å²) >= 11 is 3.30. The van der Waals surface area contributed by atoms with Crippen LogP contribution in [0.15, 0.2) is 17.0 Å². The third-order valence-electron chi connectivity index (χ3n) is 3.65. The Morgan fingerprint density at radius 2 is 1.87 bits per heavy atom. The van der Waals surface area contributed by atoms with Crippen molar-refractivity contribution in [1.82, 2.24) is 9.97 Å². The molecule has 15 heavy (non-hydrogen) atoms. The van der Waals surface area contributed by atoms with Gasteiger partial charge in [0.2, 0.25) is 0 Å². The van der Waals surface area contributed by atoms with E-state index >= 15 is 0 Å². The maximum Gasteiger partial charge on any atom is 0.147 e. The predicted octanol–water partition coefficient (Wildman–Crippen LogP) is 2.62. The van der Waals surface area contributed by atoms with Crippen LogP contribution in [0.2, 0.25) is 0 Å². The van der Waals surface area contributed by atoms with Crippen LogP contribution in [0.1, 0.15) is 25.7 Å². The molecule has 2 heterocycles. The fourth-order valence-electron chi connectivity index (χ4n) is 2.84. The highest BCUT2D eigenvalue weighted by molar-refractivity contribution is 9.10. The smallest absolute Gasteiger partial charge is 0.147 e. The summed E-state index contributed by atoms with van der Waals surface area (Å²) in [7, 11) is 0. The van der Waals surface area contributed by atoms with E-state index in [1.54, 1.807) is 6.20 Å². The SMILES string of the molecule is Brc1cnc(N2CC3(CCCC3)C2)cn1. The Kier molecular flexibility index (Phi) is 2.20. The molecule has 80 valence electrons. The van der Waals surface area contributed by atoms with Gasteiger partial charge in [0, 0.05) is 18.5 Å². The Balaban J connectivity index is 1.69. The molecule has 2 fully saturated rings. The number of aromatic nitrogens is 2. The fourth-order valence-corrected chi connectivity index (χ4v) is 3.04. The molecule has 1 aliphatic carbocycles. The van der Waals surface area contributed by atoms with E-state index in [0.717, 1.165) is 10.4 Å². The number of nitrogens with zero attached hydrogens (tertiary/aromatic N) is 3. The molecule has 1 saturated carbocycles. The highest BCUT2D eigenvalue weighted by atomic mass is 79.9. The molecule has 0 unspecified atom stereocenters. The van der Waals surface area contributed by atoms with Crippen LogP contribution in [0.5, 0.6) is 0 Å². The van der Waals surface area contributed by atoms with Crippen LogP contribution in [-0.2, 0) is 0 Å². The molecular formula is C11H14BrN3. The van der Waals surface area contributed by atoms with Gasteiger partial charge in [-0.05, 0) is 28.8 Å². The summed E-state index contributed by atoms with van der Waals surface area (Å²) < 4.78 is 0.808. The number of hydrogen-bond acceptors (Lipinski definition) is 3. The van der Waals surface area contributed by atoms with E-state index in [-0.39, 0.29) is 0 Å². The molecule has 1 saturated heterocycles. The van der Waals surface area contributed by atoms with Crippen molar-refractivity contribution in [2.45, 2.75) is 25.7 Å². The van der Waals surface area contributed by atoms with Crippen molar-refractivity contribution in [1.29, 1.82) is 0 Å². The van der Waals surface area contributed by atoms with Crippen LogP contribution in [-0.4, -0.2) is 23.1 Å². The summed E-state index contributed by atoms with van der Waals surface area (Å²) in [5.74, 6) is 1.02. The topological polar surface area (TPSA) is 29.0 Å². The zero-order valence-electron chi connectivity index (χ0n) is 8.62. The van der Waals surface area contributed by atoms with E-state index < -0.39 is 0 Å². The van der Waals surface area contributed by atoms with Crippen molar-refractivity contribution >= 4 is 21.7 Å². The quantitative estimate of drug-likeness (QED) is 0.784. The number of halogens is 1. The maximum atomic E-state index is 4.37. The molecule has 1 aromatic rings. The summed E-state index contributed by atoms with van der Waals surface area (Å²) in [6.45, 7) is 2.37. The Morgan fingerprint density at radius 1 is 1.13 bits per heavy atom. The molecule has 1 spiro atoms. The van der Waals surface area contributed by atoms with Crippen LogP contribution in [0, 0.1) is 5.41 Å². The van der Waals surface area contributed by atoms with Gasteiger partial charge < -0.3 is 4.90 Å². The minimum atomic E-state index is 0.634. The van der Waals surface area contributed by atoms with Crippen molar-refractivity contribution in [3.8, 4) is 0 Å². The van der Waals surface area contributed by atoms with Crippen molar-refractivity contribution in [3.05, 3.63) is 17.0 Å². The van der Waals surface area contributed by atoms with Crippen molar-refractivity contribution < 1.29 is 0 Å². The lowest BCUT2D eigenvalue weighted by Crippen LogP contribution is -2.55. The van der Waals surface area contributed by atoms with E-state index in [4.69, 9.17) is 0 Å². The lowest BCUT2D eigenvalue weighted by molar-refractivity contribution is 0.220. The first-order valence-electron chi connectivity index (χ1n) is 5.50. The monoisotopic (exact) mass is 267 g/mol. The number of anilines is 1. The Hall–Kier alpha value is -0.640. The zero-order chi connectivity index (χ0) is 10.3. The predicted molar refractivity (Wildman–Crippen MR) is 62.8 cm³/mol. The summed E-state index contributed by atoms with van der Waals surface area (Å²) in [4.78, 5) is 10.9. The first kappa shape index (κ1) is 9.58. The average Bonchev–Trinajstić information content (AvgIpc) is 2.66. The second-order valence-electron chi connectivity index (χ2n) is 4.76. The minimum absolute atomic E-state index is 0.634. The van der Waals surface area contributed by atoms with E-state index in [1.807, 2.05) is 6.20 Å². The van der Waals surface area contributed by atoms with Crippen molar-refractivity contribution in [3.63, 3.8) is 0 Å². The standard InChI is InChI=1S/C11H14BrN3/c12-9-5-14-10(6-13-9)15-7-11(8-15)3-1-2-4-11/h5-6H,1-4,7-8H2. The van der Waals surface area contributed by atoms with E-state index in [9.17, 15) is 0 Å². The van der Waals surface area contributed by atoms with Gasteiger partial charge in [-0.25, -0.2) is 9.97 Å². The van der Waals surface area contributed by atoms with Crippen molar-refractivity contribution in [2.24, 2.45) is 5.41 Å². The molecule has 1 aliphatic heterocycles. The third kappa shape index (κ3) is 1.65. The molecule has 2 aliphatic rings. The number of rotatable bonds is 1. The number of hydrogen-bond donors (Lipinski definition) is 0. The van der Waals surface area contributed by atoms with Gasteiger partial charge in [0.25, 0.3) is 0 Å². The average molecular weight is 268 g/mol. The summed E-state index contributed by atoms with van der Waals surface area (Å²) in [6, 6.07) is 0. The minimum Gasteiger partial charge on any atom is -0.354 e. The third-order valence-corrected chi connectivity index (χ3v) is 4.06. The first-order valence-corrected chi connectivity index (χ1v) is 6.29. The second-order valence-corrected chi connectivity index (χ2v) is 5.57. The van der Waals surface area contributed by atoms with Crippen LogP contribution in [0.25, 0.3) is 0 Å². The van der Waals surface area contributed by atoms with Gasteiger partial charge in [-0.2, -0.15) is 0 Å². The molecule has 4 heteroatoms. The fraction of sp³-hybridized carbons (Fsp3) is 0.636. The molecule has 0 radical (unpaired) electrons. The summed E-state index contributed by atoms with van der Waals surface area (Å²) in [5.41, 5.74) is 0.634. The maximum absolute atomic E-state index is 4.37. The van der Waals surface area contributed by atoms with Crippen LogP contribution < -0.4 is 4.90 Å². The Bertz CT molecular complexity index is 349. The molecule has 0 aromatic carbocycles. The lowest BCUT2D eigenvalue weighted by Gasteiger charge is -2.48. The van der Waals surface area contributed by atoms with Crippen LogP contribution in [0.3, 0.4) is 0 Å². The Morgan fingerprint density at radius 3 is 2.47 bits per heavy atom. The van der Waals surface area contributed by atoms with Crippen molar-refractivity contribution in [2.75, 3.05) is 18.0 Å². The van der Waals surface area contributed by atoms with Gasteiger partial charge in [-0.1, -0.05) is 12.8 Å². The van der Waals surface area contributed by atoms with E-state index in [0.29, 0.717) is 5.41 Å². The van der Waals surface area contributed by atoms with Gasteiger partial charge in [-0.15, -0.1) is 0 Å². The van der Waals surface area contributed by atoms with Gasteiger partial charge in [0.1, 0.15) is 10.4 Å². The van der Waals surface area contributed by atoms with Crippen LogP contribution >= 0.6 is 15.9 Å². The molecular weight excluding hydrogens is 254 g/mol. The van der Waals surface area contributed by atoms with E-state index in [2.05, 4.69) is 30.8 Å². The summed E-state index contributed by atoms with van der Waals surface area (Å²) in [5, 5.41) is 0. The molecule has 3 nitrogen and oxygen atoms in total. The molecule has 0 amide bonds. The van der Waals surface area contributed by atoms with Gasteiger partial charge in [0.05, 0.1) is 12.4 Å². The van der Waals surface area contributed by atoms with Gasteiger partial charge in [0.15, 0.2) is 0 Å². The zero-order valence-corrected chi connectivity index (χ0v) is 10.2. The normalized spacial score (nSPS) is 23.1. The Labute approximate surface area is 98.0 Å². The van der Waals surface area contributed by atoms with E-state index in [1.165, 1.54) is 38.8 Å². The first-order chi connectivity index (χ1) is 7.27. The summed E-state index contributed by atoms with van der Waals surface area (Å²) in [6.07, 6.45) is 9.28. The van der Waals surface area contributed by atoms with Crippen LogP contribution in [0.4, 0.5) is 5.82 Å².